The summed E-state index contributed by atoms with van der Waals surface area (Å²) in [6.45, 7) is 5.32. The summed E-state index contributed by atoms with van der Waals surface area (Å²) in [5, 5.41) is 5.63. The van der Waals surface area contributed by atoms with E-state index in [1.54, 1.807) is 4.90 Å². The van der Waals surface area contributed by atoms with Crippen LogP contribution in [0.5, 0.6) is 5.75 Å². The molecule has 2 aromatic carbocycles. The Bertz CT molecular complexity index is 1450. The molecule has 212 valence electrons. The SMILES string of the molecule is CC(C)N1C(=O)C(C(F)F)Oc2c(F)cc(-c3nc(Nc4ccc(N5CCNCC5)c(F)c4F)ncc3F)cc21. The number of halogens is 6. The molecule has 5 rings (SSSR count). The zero-order valence-corrected chi connectivity index (χ0v) is 21.3. The Morgan fingerprint density at radius 3 is 2.42 bits per heavy atom. The molecule has 0 aliphatic carbocycles. The van der Waals surface area contributed by atoms with Crippen molar-refractivity contribution in [2.75, 3.05) is 41.3 Å². The Kier molecular flexibility index (Phi) is 7.45. The second-order valence-electron chi connectivity index (χ2n) is 9.49. The summed E-state index contributed by atoms with van der Waals surface area (Å²) >= 11 is 0. The molecule has 2 N–H and O–H groups in total. The fraction of sp³-hybridized carbons (Fsp3) is 0.346. The molecular weight excluding hydrogens is 542 g/mol. The summed E-state index contributed by atoms with van der Waals surface area (Å²) in [7, 11) is 0. The summed E-state index contributed by atoms with van der Waals surface area (Å²) in [4.78, 5) is 23.1. The van der Waals surface area contributed by atoms with Crippen LogP contribution < -0.4 is 25.2 Å². The summed E-state index contributed by atoms with van der Waals surface area (Å²) in [5.41, 5.74) is -1.01. The molecule has 0 spiro atoms. The van der Waals surface area contributed by atoms with Crippen molar-refractivity contribution < 1.29 is 35.9 Å². The molecule has 1 saturated heterocycles. The minimum atomic E-state index is -3.20. The fourth-order valence-electron chi connectivity index (χ4n) is 4.67. The molecule has 1 atom stereocenters. The van der Waals surface area contributed by atoms with Crippen molar-refractivity contribution >= 4 is 28.9 Å². The van der Waals surface area contributed by atoms with E-state index < -0.39 is 59.2 Å². The van der Waals surface area contributed by atoms with Crippen molar-refractivity contribution in [3.8, 4) is 17.0 Å². The number of aromatic nitrogens is 2. The van der Waals surface area contributed by atoms with Crippen molar-refractivity contribution in [3.63, 3.8) is 0 Å². The van der Waals surface area contributed by atoms with Gasteiger partial charge in [0.15, 0.2) is 29.0 Å². The molecule has 0 saturated carbocycles. The molecule has 1 amide bonds. The molecule has 0 radical (unpaired) electrons. The van der Waals surface area contributed by atoms with E-state index in [9.17, 15) is 26.7 Å². The maximum absolute atomic E-state index is 15.1. The minimum absolute atomic E-state index is 0.0929. The van der Waals surface area contributed by atoms with Crippen LogP contribution in [0.3, 0.4) is 0 Å². The zero-order valence-electron chi connectivity index (χ0n) is 21.3. The number of anilines is 4. The lowest BCUT2D eigenvalue weighted by Gasteiger charge is -2.36. The minimum Gasteiger partial charge on any atom is -0.469 e. The first-order valence-corrected chi connectivity index (χ1v) is 12.4. The lowest BCUT2D eigenvalue weighted by atomic mass is 10.0. The van der Waals surface area contributed by atoms with E-state index >= 15 is 4.39 Å². The standard InChI is InChI=1S/C26H24F6N6O2/c1-12(2)38-18-10-13(9-14(27)22(18)40-23(24(31)32)25(38)39)21-15(28)11-34-26(36-21)35-16-3-4-17(20(30)19(16)29)37-7-5-33-6-8-37/h3-4,9-12,23-24,33H,5-8H2,1-2H3,(H,34,35,36). The number of nitrogens with one attached hydrogen (secondary N) is 2. The van der Waals surface area contributed by atoms with Gasteiger partial charge in [0.1, 0.15) is 5.69 Å². The number of hydrogen-bond donors (Lipinski definition) is 2. The Balaban J connectivity index is 1.49. The molecule has 0 bridgehead atoms. The normalized spacial score (nSPS) is 17.4. The summed E-state index contributed by atoms with van der Waals surface area (Å²) in [6.07, 6.45) is -4.65. The zero-order chi connectivity index (χ0) is 28.7. The number of amides is 1. The van der Waals surface area contributed by atoms with Crippen LogP contribution >= 0.6 is 0 Å². The maximum atomic E-state index is 15.1. The van der Waals surface area contributed by atoms with Gasteiger partial charge in [0.25, 0.3) is 12.3 Å². The van der Waals surface area contributed by atoms with Crippen LogP contribution in [0.25, 0.3) is 11.3 Å². The number of piperazine rings is 1. The van der Waals surface area contributed by atoms with Crippen LogP contribution in [0, 0.1) is 23.3 Å². The Hall–Kier alpha value is -4.07. The van der Waals surface area contributed by atoms with Gasteiger partial charge < -0.3 is 25.2 Å². The summed E-state index contributed by atoms with van der Waals surface area (Å²) < 4.78 is 91.5. The fourth-order valence-corrected chi connectivity index (χ4v) is 4.67. The van der Waals surface area contributed by atoms with E-state index in [1.165, 1.54) is 32.0 Å². The molecule has 14 heteroatoms. The lowest BCUT2D eigenvalue weighted by Crippen LogP contribution is -2.52. The Morgan fingerprint density at radius 1 is 1.02 bits per heavy atom. The molecule has 1 fully saturated rings. The first kappa shape index (κ1) is 27.5. The van der Waals surface area contributed by atoms with E-state index in [0.717, 1.165) is 17.2 Å². The van der Waals surface area contributed by atoms with Crippen molar-refractivity contribution in [3.05, 3.63) is 53.7 Å². The number of fused-ring (bicyclic) bond motifs is 1. The molecule has 3 aromatic rings. The highest BCUT2D eigenvalue weighted by Crippen LogP contribution is 2.42. The van der Waals surface area contributed by atoms with Crippen LogP contribution in [0.15, 0.2) is 30.5 Å². The van der Waals surface area contributed by atoms with E-state index in [-0.39, 0.29) is 28.6 Å². The van der Waals surface area contributed by atoms with Crippen LogP contribution in [0.1, 0.15) is 13.8 Å². The number of alkyl halides is 2. The molecule has 3 heterocycles. The van der Waals surface area contributed by atoms with Gasteiger partial charge in [-0.1, -0.05) is 0 Å². The third-order valence-corrected chi connectivity index (χ3v) is 6.54. The van der Waals surface area contributed by atoms with Crippen LogP contribution in [0.4, 0.5) is 49.4 Å². The van der Waals surface area contributed by atoms with Gasteiger partial charge in [-0.05, 0) is 38.1 Å². The highest BCUT2D eigenvalue weighted by Gasteiger charge is 2.43. The van der Waals surface area contributed by atoms with E-state index in [2.05, 4.69) is 20.6 Å². The second-order valence-corrected chi connectivity index (χ2v) is 9.49. The van der Waals surface area contributed by atoms with Gasteiger partial charge in [-0.25, -0.2) is 36.3 Å². The number of hydrogen-bond acceptors (Lipinski definition) is 7. The van der Waals surface area contributed by atoms with Crippen molar-refractivity contribution in [1.29, 1.82) is 0 Å². The van der Waals surface area contributed by atoms with Crippen molar-refractivity contribution in [2.24, 2.45) is 0 Å². The number of benzene rings is 2. The van der Waals surface area contributed by atoms with Gasteiger partial charge in [-0.15, -0.1) is 0 Å². The topological polar surface area (TPSA) is 82.6 Å². The Morgan fingerprint density at radius 2 is 1.75 bits per heavy atom. The molecule has 2 aliphatic heterocycles. The number of carbonyl (C=O) groups excluding carboxylic acids is 1. The third-order valence-electron chi connectivity index (χ3n) is 6.54. The monoisotopic (exact) mass is 566 g/mol. The molecule has 1 aromatic heterocycles. The number of ether oxygens (including phenoxy) is 1. The molecule has 2 aliphatic rings. The molecule has 40 heavy (non-hydrogen) atoms. The number of nitrogens with zero attached hydrogens (tertiary/aromatic N) is 4. The van der Waals surface area contributed by atoms with Gasteiger partial charge in [-0.2, -0.15) is 0 Å². The third kappa shape index (κ3) is 4.98. The molecule has 1 unspecified atom stereocenters. The van der Waals surface area contributed by atoms with Gasteiger partial charge in [0, 0.05) is 37.8 Å². The van der Waals surface area contributed by atoms with Gasteiger partial charge >= 0.3 is 0 Å². The van der Waals surface area contributed by atoms with Crippen LogP contribution in [-0.4, -0.2) is 60.6 Å². The number of rotatable bonds is 6. The quantitative estimate of drug-likeness (QED) is 0.422. The lowest BCUT2D eigenvalue weighted by molar-refractivity contribution is -0.134. The first-order chi connectivity index (χ1) is 19.1. The summed E-state index contributed by atoms with van der Waals surface area (Å²) in [5.74, 6) is -6.38. The maximum Gasteiger partial charge on any atom is 0.283 e. The van der Waals surface area contributed by atoms with Gasteiger partial charge in [0.2, 0.25) is 12.1 Å². The second kappa shape index (κ2) is 10.8. The smallest absolute Gasteiger partial charge is 0.283 e. The van der Waals surface area contributed by atoms with E-state index in [0.29, 0.717) is 26.2 Å². The largest absolute Gasteiger partial charge is 0.469 e. The van der Waals surface area contributed by atoms with E-state index in [4.69, 9.17) is 4.74 Å². The van der Waals surface area contributed by atoms with E-state index in [1.807, 2.05) is 0 Å². The summed E-state index contributed by atoms with van der Waals surface area (Å²) in [6, 6.07) is 4.02. The average Bonchev–Trinajstić information content (AvgIpc) is 2.92. The first-order valence-electron chi connectivity index (χ1n) is 12.4. The van der Waals surface area contributed by atoms with Crippen LogP contribution in [-0.2, 0) is 4.79 Å². The Labute approximate surface area is 225 Å². The molecule has 8 nitrogen and oxygen atoms in total. The van der Waals surface area contributed by atoms with Gasteiger partial charge in [-0.3, -0.25) is 4.79 Å². The predicted octanol–water partition coefficient (Wildman–Crippen LogP) is 4.62. The predicted molar refractivity (Wildman–Crippen MR) is 135 cm³/mol. The highest BCUT2D eigenvalue weighted by molar-refractivity contribution is 6.01. The van der Waals surface area contributed by atoms with Crippen LogP contribution in [0.2, 0.25) is 0 Å². The molecular formula is C26H24F6N6O2. The highest BCUT2D eigenvalue weighted by atomic mass is 19.3. The van der Waals surface area contributed by atoms with Crippen molar-refractivity contribution in [1.82, 2.24) is 15.3 Å². The van der Waals surface area contributed by atoms with Crippen molar-refractivity contribution in [2.45, 2.75) is 32.4 Å². The average molecular weight is 567 g/mol. The van der Waals surface area contributed by atoms with Gasteiger partial charge in [0.05, 0.1) is 23.3 Å². The number of carbonyl (C=O) groups is 1.